The van der Waals surface area contributed by atoms with Crippen LogP contribution < -0.4 is 15.1 Å². The molecule has 1 heterocycles. The summed E-state index contributed by atoms with van der Waals surface area (Å²) >= 11 is 0. The predicted octanol–water partition coefficient (Wildman–Crippen LogP) is 11.2. The van der Waals surface area contributed by atoms with Crippen molar-refractivity contribution >= 4 is 47.1 Å². The number of allylic oxidation sites excluding steroid dienone is 1. The Morgan fingerprint density at radius 2 is 1.45 bits per heavy atom. The summed E-state index contributed by atoms with van der Waals surface area (Å²) in [4.78, 5) is 26.5. The lowest BCUT2D eigenvalue weighted by Crippen LogP contribution is -2.65. The van der Waals surface area contributed by atoms with Gasteiger partial charge in [-0.2, -0.15) is 0 Å². The van der Waals surface area contributed by atoms with E-state index in [4.69, 9.17) is 28.1 Å². The first-order valence-corrected chi connectivity index (χ1v) is 31.0. The largest absolute Gasteiger partial charge is 0.467 e. The molecule has 0 bridgehead atoms. The number of ether oxygens (including phenoxy) is 5. The fraction of sp³-hybridized carbons (Fsp3) is 0.549. The molecule has 3 aromatic carbocycles. The van der Waals surface area contributed by atoms with Crippen LogP contribution in [0.15, 0.2) is 97.1 Å². The molecular weight excluding hydrogens is 825 g/mol. The van der Waals surface area contributed by atoms with E-state index in [2.05, 4.69) is 118 Å². The molecule has 11 heteroatoms. The first-order chi connectivity index (χ1) is 28.8. The van der Waals surface area contributed by atoms with Crippen LogP contribution in [-0.2, 0) is 23.4 Å². The number of hydrogen-bond donors (Lipinski definition) is 1. The van der Waals surface area contributed by atoms with E-state index in [0.717, 1.165) is 22.8 Å². The number of benzene rings is 3. The zero-order valence-electron chi connectivity index (χ0n) is 40.5. The van der Waals surface area contributed by atoms with Crippen molar-refractivity contribution in [1.82, 2.24) is 0 Å². The van der Waals surface area contributed by atoms with E-state index in [9.17, 15) is 9.59 Å². The summed E-state index contributed by atoms with van der Waals surface area (Å²) in [5, 5.41) is 1.64. The van der Waals surface area contributed by atoms with Crippen LogP contribution in [0, 0.1) is 11.8 Å². The van der Waals surface area contributed by atoms with Crippen molar-refractivity contribution in [2.45, 2.75) is 148 Å². The molecule has 0 aliphatic carbocycles. The molecule has 1 N–H and O–H groups in total. The Hall–Kier alpha value is -3.14. The second-order valence-corrected chi connectivity index (χ2v) is 35.4. The highest BCUT2D eigenvalue weighted by atomic mass is 28.4. The molecule has 62 heavy (non-hydrogen) atoms. The Morgan fingerprint density at radius 3 is 2.00 bits per heavy atom. The fourth-order valence-electron chi connectivity index (χ4n) is 7.98. The van der Waals surface area contributed by atoms with Crippen LogP contribution in [0.25, 0.3) is 6.08 Å². The quantitative estimate of drug-likeness (QED) is 0.0489. The first kappa shape index (κ1) is 51.5. The van der Waals surface area contributed by atoms with Crippen LogP contribution in [-0.4, -0.2) is 80.1 Å². The maximum absolute atomic E-state index is 13.6. The molecule has 0 saturated carbocycles. The van der Waals surface area contributed by atoms with Gasteiger partial charge in [0.1, 0.15) is 17.4 Å². The maximum Gasteiger partial charge on any atom is 0.342 e. The van der Waals surface area contributed by atoms with Crippen LogP contribution in [0.3, 0.4) is 0 Å². The van der Waals surface area contributed by atoms with E-state index in [-0.39, 0.29) is 40.9 Å². The summed E-state index contributed by atoms with van der Waals surface area (Å²) < 4.78 is 37.5. The maximum atomic E-state index is 13.6. The number of carbonyl (C=O) groups excluding carboxylic acids is 1. The van der Waals surface area contributed by atoms with Crippen molar-refractivity contribution in [1.29, 1.82) is 0 Å². The molecule has 5 atom stereocenters. The van der Waals surface area contributed by atoms with Gasteiger partial charge < -0.3 is 32.9 Å². The lowest BCUT2D eigenvalue weighted by molar-refractivity contribution is -0.151. The Bertz CT molecular complexity index is 1890. The molecule has 1 aliphatic rings. The molecule has 8 nitrogen and oxygen atoms in total. The summed E-state index contributed by atoms with van der Waals surface area (Å²) in [5.74, 6) is -0.413. The van der Waals surface area contributed by atoms with Crippen LogP contribution in [0.4, 0.5) is 0 Å². The predicted molar refractivity (Wildman–Crippen MR) is 263 cm³/mol. The van der Waals surface area contributed by atoms with Gasteiger partial charge in [-0.15, -0.1) is 0 Å². The summed E-state index contributed by atoms with van der Waals surface area (Å²) in [6.45, 7) is 31.4. The normalized spacial score (nSPS) is 19.2. The van der Waals surface area contributed by atoms with E-state index in [1.807, 2.05) is 74.5 Å². The summed E-state index contributed by atoms with van der Waals surface area (Å²) in [6.07, 6.45) is 8.74. The topological polar surface area (TPSA) is 92.7 Å². The van der Waals surface area contributed by atoms with Gasteiger partial charge in [0.05, 0.1) is 18.8 Å². The summed E-state index contributed by atoms with van der Waals surface area (Å²) in [6, 6.07) is 26.9. The zero-order chi connectivity index (χ0) is 46.1. The number of esters is 1. The van der Waals surface area contributed by atoms with Crippen LogP contribution in [0.2, 0.25) is 48.9 Å². The SMILES string of the molecule is COCOc1cccc(/C=C/C[C@@H]2OC(C)(C)O[C@@H]2C(/C=C\[C@@H](C)[C@H](C)CC(C)(C)[Si](O)(c2ccccc2)c2ccccc2)O[Si](C)(C)C(C)(C)C)c1C(=O)OCC[Si](C)(C)C. The Labute approximate surface area is 377 Å². The van der Waals surface area contributed by atoms with Gasteiger partial charge in [0, 0.05) is 15.2 Å². The standard InChI is InChI=1S/C51H78O8Si3/c1-38(39(2)36-50(6,7)62(53,41-26-18-16-19-27-41)42-28-20-17-21-29-42)32-33-45(59-61(14,15)49(3,4)5)47-44(57-51(8,9)58-47)31-23-25-40-24-22-30-43(56-37-54-10)46(40)48(52)55-34-35-60(11,12)13/h16-30,32-33,38-39,44-45,47,53H,31,34-37H2,1-15H3/b25-23+,33-32-/t38-,39-,44+,45?,47+/m1/s1. The molecule has 1 fully saturated rings. The first-order valence-electron chi connectivity index (χ1n) is 22.5. The number of hydrogen-bond acceptors (Lipinski definition) is 8. The average molecular weight is 903 g/mol. The number of rotatable bonds is 21. The highest BCUT2D eigenvalue weighted by molar-refractivity contribution is 6.98. The van der Waals surface area contributed by atoms with Gasteiger partial charge in [-0.25, -0.2) is 4.79 Å². The second-order valence-electron chi connectivity index (χ2n) is 21.1. The lowest BCUT2D eigenvalue weighted by atomic mass is 9.87. The van der Waals surface area contributed by atoms with Crippen molar-refractivity contribution < 1.29 is 37.7 Å². The highest BCUT2D eigenvalue weighted by Gasteiger charge is 2.51. The third-order valence-corrected chi connectivity index (χ3v) is 23.5. The Balaban J connectivity index is 1.63. The minimum atomic E-state index is -3.17. The molecule has 1 saturated heterocycles. The lowest BCUT2D eigenvalue weighted by Gasteiger charge is -2.43. The smallest absolute Gasteiger partial charge is 0.342 e. The monoisotopic (exact) mass is 903 g/mol. The highest BCUT2D eigenvalue weighted by Crippen LogP contribution is 2.44. The molecule has 0 spiro atoms. The van der Waals surface area contributed by atoms with Crippen molar-refractivity contribution in [3.8, 4) is 5.75 Å². The summed E-state index contributed by atoms with van der Waals surface area (Å²) in [5.41, 5.74) is 1.07. The van der Waals surface area contributed by atoms with Gasteiger partial charge in [-0.05, 0) is 89.7 Å². The van der Waals surface area contributed by atoms with Crippen molar-refractivity contribution in [2.24, 2.45) is 11.8 Å². The Morgan fingerprint density at radius 1 is 0.855 bits per heavy atom. The van der Waals surface area contributed by atoms with Crippen molar-refractivity contribution in [3.05, 3.63) is 108 Å². The molecule has 0 aromatic heterocycles. The fourth-order valence-corrected chi connectivity index (χ4v) is 13.8. The molecule has 1 unspecified atom stereocenters. The van der Waals surface area contributed by atoms with Gasteiger partial charge in [0.25, 0.3) is 8.32 Å². The molecule has 3 aromatic rings. The molecule has 0 amide bonds. The molecular formula is C51H78O8Si3. The van der Waals surface area contributed by atoms with Gasteiger partial charge in [-0.3, -0.25) is 0 Å². The number of carbonyl (C=O) groups is 1. The molecule has 1 aliphatic heterocycles. The zero-order valence-corrected chi connectivity index (χ0v) is 43.5. The van der Waals surface area contributed by atoms with E-state index < -0.39 is 42.6 Å². The van der Waals surface area contributed by atoms with E-state index in [1.54, 1.807) is 13.2 Å². The van der Waals surface area contributed by atoms with E-state index in [0.29, 0.717) is 29.9 Å². The minimum absolute atomic E-state index is 0.00989. The number of methoxy groups -OCH3 is 1. The van der Waals surface area contributed by atoms with Gasteiger partial charge in [0.2, 0.25) is 0 Å². The minimum Gasteiger partial charge on any atom is -0.467 e. The third kappa shape index (κ3) is 13.4. The summed E-state index contributed by atoms with van der Waals surface area (Å²) in [7, 11) is -5.33. The third-order valence-electron chi connectivity index (χ3n) is 12.8. The van der Waals surface area contributed by atoms with E-state index >= 15 is 0 Å². The molecule has 4 rings (SSSR count). The molecule has 0 radical (unpaired) electrons. The van der Waals surface area contributed by atoms with Gasteiger partial charge >= 0.3 is 5.97 Å². The molecule has 342 valence electrons. The van der Waals surface area contributed by atoms with Crippen LogP contribution in [0.1, 0.15) is 91.1 Å². The van der Waals surface area contributed by atoms with Gasteiger partial charge in [-0.1, -0.05) is 165 Å². The Kier molecular flexibility index (Phi) is 17.6. The van der Waals surface area contributed by atoms with Gasteiger partial charge in [0.15, 0.2) is 20.9 Å². The van der Waals surface area contributed by atoms with Crippen molar-refractivity contribution in [2.75, 3.05) is 20.5 Å². The second kappa shape index (κ2) is 21.2. The average Bonchev–Trinajstić information content (AvgIpc) is 3.51. The van der Waals surface area contributed by atoms with Crippen molar-refractivity contribution in [3.63, 3.8) is 0 Å². The van der Waals surface area contributed by atoms with E-state index in [1.165, 1.54) is 0 Å². The van der Waals surface area contributed by atoms with Crippen LogP contribution >= 0.6 is 0 Å². The van der Waals surface area contributed by atoms with Crippen LogP contribution in [0.5, 0.6) is 5.75 Å².